The number of guanidine groups is 1. The van der Waals surface area contributed by atoms with Crippen LogP contribution in [0.3, 0.4) is 0 Å². The Morgan fingerprint density at radius 2 is 1.87 bits per heavy atom. The van der Waals surface area contributed by atoms with E-state index in [1.54, 1.807) is 0 Å². The summed E-state index contributed by atoms with van der Waals surface area (Å²) < 4.78 is 5.38. The minimum Gasteiger partial charge on any atom is -0.379 e. The third kappa shape index (κ3) is 10.1. The Bertz CT molecular complexity index is 633. The highest BCUT2D eigenvalue weighted by Crippen LogP contribution is 2.07. The molecule has 8 heteroatoms. The lowest BCUT2D eigenvalue weighted by molar-refractivity contribution is 0.0376. The average Bonchev–Trinajstić information content (AvgIpc) is 2.75. The summed E-state index contributed by atoms with van der Waals surface area (Å²) in [5.74, 6) is 0.803. The van der Waals surface area contributed by atoms with Gasteiger partial charge in [0, 0.05) is 37.8 Å². The number of rotatable bonds is 10. The van der Waals surface area contributed by atoms with Gasteiger partial charge in [0.2, 0.25) is 0 Å². The Morgan fingerprint density at radius 1 is 1.17 bits per heavy atom. The summed E-state index contributed by atoms with van der Waals surface area (Å²) in [6.45, 7) is 13.2. The number of nitrogens with zero attached hydrogens (tertiary/aromatic N) is 2. The molecule has 1 saturated heterocycles. The van der Waals surface area contributed by atoms with Crippen LogP contribution in [0.4, 0.5) is 0 Å². The predicted octanol–water partition coefficient (Wildman–Crippen LogP) is 2.61. The summed E-state index contributed by atoms with van der Waals surface area (Å²) in [6, 6.07) is 7.86. The van der Waals surface area contributed by atoms with Gasteiger partial charge in [-0.3, -0.25) is 9.69 Å². The Morgan fingerprint density at radius 3 is 2.50 bits per heavy atom. The van der Waals surface area contributed by atoms with E-state index in [9.17, 15) is 4.79 Å². The van der Waals surface area contributed by atoms with Gasteiger partial charge in [-0.15, -0.1) is 24.0 Å². The molecule has 0 aromatic heterocycles. The SMILES string of the molecule is CCNC(=NCc1ccc(C(=O)NC(C)CC)cc1)NCCCN1CCOCC1.I. The maximum Gasteiger partial charge on any atom is 0.251 e. The normalized spacial score (nSPS) is 15.8. The van der Waals surface area contributed by atoms with Gasteiger partial charge in [0.25, 0.3) is 5.91 Å². The molecule has 1 amide bonds. The van der Waals surface area contributed by atoms with Crippen LogP contribution in [0, 0.1) is 0 Å². The average molecular weight is 531 g/mol. The second-order valence-corrected chi connectivity index (χ2v) is 7.41. The highest BCUT2D eigenvalue weighted by Gasteiger charge is 2.10. The summed E-state index contributed by atoms with van der Waals surface area (Å²) in [4.78, 5) is 19.3. The van der Waals surface area contributed by atoms with E-state index in [1.165, 1.54) is 0 Å². The van der Waals surface area contributed by atoms with Gasteiger partial charge >= 0.3 is 0 Å². The fourth-order valence-electron chi connectivity index (χ4n) is 3.02. The molecule has 0 bridgehead atoms. The predicted molar refractivity (Wildman–Crippen MR) is 134 cm³/mol. The topological polar surface area (TPSA) is 78.0 Å². The van der Waals surface area contributed by atoms with Crippen LogP contribution in [0.25, 0.3) is 0 Å². The number of aliphatic imine (C=N–C) groups is 1. The number of benzene rings is 1. The summed E-state index contributed by atoms with van der Waals surface area (Å²) in [6.07, 6.45) is 2.00. The molecule has 2 rings (SSSR count). The van der Waals surface area contributed by atoms with Gasteiger partial charge < -0.3 is 20.7 Å². The third-order valence-corrected chi connectivity index (χ3v) is 5.02. The molecule has 7 nitrogen and oxygen atoms in total. The highest BCUT2D eigenvalue weighted by atomic mass is 127. The van der Waals surface area contributed by atoms with Gasteiger partial charge in [0.1, 0.15) is 0 Å². The number of nitrogens with one attached hydrogen (secondary N) is 3. The van der Waals surface area contributed by atoms with Gasteiger partial charge in [0.05, 0.1) is 19.8 Å². The Hall–Kier alpha value is -1.39. The summed E-state index contributed by atoms with van der Waals surface area (Å²) >= 11 is 0. The van der Waals surface area contributed by atoms with Crippen LogP contribution in [0.15, 0.2) is 29.3 Å². The first-order valence-corrected chi connectivity index (χ1v) is 10.8. The minimum atomic E-state index is -0.0234. The van der Waals surface area contributed by atoms with Crippen molar-refractivity contribution in [3.05, 3.63) is 35.4 Å². The fourth-order valence-corrected chi connectivity index (χ4v) is 3.02. The fraction of sp³-hybridized carbons (Fsp3) is 0.636. The maximum absolute atomic E-state index is 12.2. The van der Waals surface area contributed by atoms with Gasteiger partial charge in [-0.2, -0.15) is 0 Å². The van der Waals surface area contributed by atoms with E-state index in [4.69, 9.17) is 4.74 Å². The molecule has 1 aliphatic heterocycles. The molecular formula is C22H38IN5O2. The van der Waals surface area contributed by atoms with E-state index in [2.05, 4.69) is 39.7 Å². The standard InChI is InChI=1S/C22H37N5O2.HI/c1-4-18(3)26-21(28)20-9-7-19(8-10-20)17-25-22(23-5-2)24-11-6-12-27-13-15-29-16-14-27;/h7-10,18H,4-6,11-17H2,1-3H3,(H,26,28)(H2,23,24,25);1H. The van der Waals surface area contributed by atoms with E-state index in [0.717, 1.165) is 70.3 Å². The lowest BCUT2D eigenvalue weighted by Gasteiger charge is -2.26. The van der Waals surface area contributed by atoms with Crippen molar-refractivity contribution in [1.82, 2.24) is 20.9 Å². The van der Waals surface area contributed by atoms with Crippen LogP contribution in [0.5, 0.6) is 0 Å². The zero-order chi connectivity index (χ0) is 20.9. The molecule has 0 saturated carbocycles. The first-order valence-electron chi connectivity index (χ1n) is 10.8. The number of amides is 1. The largest absolute Gasteiger partial charge is 0.379 e. The van der Waals surface area contributed by atoms with Crippen molar-refractivity contribution in [2.45, 2.75) is 46.2 Å². The van der Waals surface area contributed by atoms with Crippen LogP contribution >= 0.6 is 24.0 Å². The van der Waals surface area contributed by atoms with Crippen molar-refractivity contribution >= 4 is 35.8 Å². The molecule has 30 heavy (non-hydrogen) atoms. The van der Waals surface area contributed by atoms with Crippen LogP contribution in [-0.2, 0) is 11.3 Å². The zero-order valence-corrected chi connectivity index (χ0v) is 20.9. The van der Waals surface area contributed by atoms with Crippen LogP contribution in [0.1, 0.15) is 49.5 Å². The molecule has 1 aliphatic rings. The summed E-state index contributed by atoms with van der Waals surface area (Å²) in [7, 11) is 0. The smallest absolute Gasteiger partial charge is 0.251 e. The summed E-state index contributed by atoms with van der Waals surface area (Å²) in [5, 5.41) is 9.68. The van der Waals surface area contributed by atoms with E-state index in [-0.39, 0.29) is 35.9 Å². The molecule has 1 aromatic carbocycles. The van der Waals surface area contributed by atoms with Crippen molar-refractivity contribution in [1.29, 1.82) is 0 Å². The first-order chi connectivity index (χ1) is 14.1. The zero-order valence-electron chi connectivity index (χ0n) is 18.6. The molecule has 1 fully saturated rings. The van der Waals surface area contributed by atoms with Crippen LogP contribution < -0.4 is 16.0 Å². The number of ether oxygens (including phenoxy) is 1. The number of halogens is 1. The molecule has 1 atom stereocenters. The molecular weight excluding hydrogens is 493 g/mol. The van der Waals surface area contributed by atoms with Gasteiger partial charge in [-0.1, -0.05) is 19.1 Å². The Balaban J connectivity index is 0.00000450. The highest BCUT2D eigenvalue weighted by molar-refractivity contribution is 14.0. The van der Waals surface area contributed by atoms with Gasteiger partial charge in [0.15, 0.2) is 5.96 Å². The number of hydrogen-bond donors (Lipinski definition) is 3. The second kappa shape index (κ2) is 15.4. The first kappa shape index (κ1) is 26.6. The monoisotopic (exact) mass is 531 g/mol. The van der Waals surface area contributed by atoms with Crippen molar-refractivity contribution in [3.8, 4) is 0 Å². The number of carbonyl (C=O) groups excluding carboxylic acids is 1. The maximum atomic E-state index is 12.2. The van der Waals surface area contributed by atoms with E-state index in [1.807, 2.05) is 31.2 Å². The van der Waals surface area contributed by atoms with Crippen LogP contribution in [-0.4, -0.2) is 68.7 Å². The molecule has 170 valence electrons. The van der Waals surface area contributed by atoms with Gasteiger partial charge in [-0.05, 0) is 50.9 Å². The minimum absolute atomic E-state index is 0. The van der Waals surface area contributed by atoms with Crippen molar-refractivity contribution in [2.24, 2.45) is 4.99 Å². The summed E-state index contributed by atoms with van der Waals surface area (Å²) in [5.41, 5.74) is 1.77. The molecule has 0 radical (unpaired) electrons. The van der Waals surface area contributed by atoms with Gasteiger partial charge in [-0.25, -0.2) is 4.99 Å². The van der Waals surface area contributed by atoms with E-state index in [0.29, 0.717) is 12.1 Å². The quantitative estimate of drug-likeness (QED) is 0.187. The van der Waals surface area contributed by atoms with Crippen LogP contribution in [0.2, 0.25) is 0 Å². The molecule has 1 heterocycles. The molecule has 1 unspecified atom stereocenters. The van der Waals surface area contributed by atoms with Crippen molar-refractivity contribution < 1.29 is 9.53 Å². The molecule has 3 N–H and O–H groups in total. The lowest BCUT2D eigenvalue weighted by atomic mass is 10.1. The number of hydrogen-bond acceptors (Lipinski definition) is 4. The van der Waals surface area contributed by atoms with Crippen molar-refractivity contribution in [3.63, 3.8) is 0 Å². The van der Waals surface area contributed by atoms with Crippen molar-refractivity contribution in [2.75, 3.05) is 45.9 Å². The molecule has 0 aliphatic carbocycles. The second-order valence-electron chi connectivity index (χ2n) is 7.41. The lowest BCUT2D eigenvalue weighted by Crippen LogP contribution is -2.40. The number of morpholine rings is 1. The number of carbonyl (C=O) groups is 1. The Kier molecular flexibility index (Phi) is 13.7. The molecule has 0 spiro atoms. The Labute approximate surface area is 198 Å². The van der Waals surface area contributed by atoms with E-state index >= 15 is 0 Å². The van der Waals surface area contributed by atoms with E-state index < -0.39 is 0 Å². The third-order valence-electron chi connectivity index (χ3n) is 5.02. The molecule has 1 aromatic rings.